The van der Waals surface area contributed by atoms with Crippen molar-refractivity contribution < 1.29 is 34.7 Å². The number of carboxylic acids is 1. The summed E-state index contributed by atoms with van der Waals surface area (Å²) in [7, 11) is 0. The van der Waals surface area contributed by atoms with Gasteiger partial charge in [-0.3, -0.25) is 0 Å². The number of hydrogen-bond donors (Lipinski definition) is 4. The summed E-state index contributed by atoms with van der Waals surface area (Å²) in [5, 5.41) is 37.0. The molecule has 0 aliphatic carbocycles. The Labute approximate surface area is 106 Å². The number of aliphatic hydroxyl groups is 3. The summed E-state index contributed by atoms with van der Waals surface area (Å²) in [6, 6.07) is 0. The molecule has 1 aliphatic rings. The molecule has 0 amide bonds. The standard InChI is InChI=1S/C9H16O7.C2H6/c1-2-3-15-9-6(12)4(10)5(11)7(16-9)8(13)14;1-2/h4-7,9-12H,2-3H2,1H3,(H,13,14);1-2H3. The largest absolute Gasteiger partial charge is 0.479 e. The zero-order chi connectivity index (χ0) is 14.3. The molecule has 1 aliphatic heterocycles. The van der Waals surface area contributed by atoms with E-state index in [9.17, 15) is 20.1 Å². The summed E-state index contributed by atoms with van der Waals surface area (Å²) in [6.07, 6.45) is -6.91. The quantitative estimate of drug-likeness (QED) is 0.533. The minimum Gasteiger partial charge on any atom is -0.479 e. The Bertz CT molecular complexity index is 246. The fourth-order valence-electron chi connectivity index (χ4n) is 1.42. The highest BCUT2D eigenvalue weighted by atomic mass is 16.7. The molecule has 0 spiro atoms. The lowest BCUT2D eigenvalue weighted by atomic mass is 9.99. The van der Waals surface area contributed by atoms with Gasteiger partial charge in [0.05, 0.1) is 0 Å². The molecule has 0 radical (unpaired) electrons. The zero-order valence-corrected chi connectivity index (χ0v) is 10.8. The number of hydrogen-bond acceptors (Lipinski definition) is 6. The van der Waals surface area contributed by atoms with E-state index >= 15 is 0 Å². The first-order valence-electron chi connectivity index (χ1n) is 6.03. The van der Waals surface area contributed by atoms with Gasteiger partial charge in [-0.15, -0.1) is 0 Å². The molecule has 0 aromatic rings. The highest BCUT2D eigenvalue weighted by molar-refractivity contribution is 5.73. The highest BCUT2D eigenvalue weighted by Gasteiger charge is 2.47. The molecular weight excluding hydrogens is 244 g/mol. The molecule has 1 heterocycles. The van der Waals surface area contributed by atoms with Crippen LogP contribution in [0.4, 0.5) is 0 Å². The summed E-state index contributed by atoms with van der Waals surface area (Å²) in [5.41, 5.74) is 0. The maximum Gasteiger partial charge on any atom is 0.335 e. The topological polar surface area (TPSA) is 116 Å². The molecule has 7 heteroatoms. The van der Waals surface area contributed by atoms with E-state index in [1.807, 2.05) is 20.8 Å². The van der Waals surface area contributed by atoms with Gasteiger partial charge in [-0.05, 0) is 6.42 Å². The smallest absolute Gasteiger partial charge is 0.335 e. The highest BCUT2D eigenvalue weighted by Crippen LogP contribution is 2.22. The molecule has 5 atom stereocenters. The molecule has 7 nitrogen and oxygen atoms in total. The lowest BCUT2D eigenvalue weighted by molar-refractivity contribution is -0.293. The average Bonchev–Trinajstić information content (AvgIpc) is 2.37. The second-order valence-corrected chi connectivity index (χ2v) is 3.61. The minimum absolute atomic E-state index is 0.261. The molecule has 0 aromatic carbocycles. The Hall–Kier alpha value is -0.730. The van der Waals surface area contributed by atoms with Gasteiger partial charge in [0.15, 0.2) is 12.4 Å². The molecule has 4 N–H and O–H groups in total. The van der Waals surface area contributed by atoms with Crippen molar-refractivity contribution in [3.05, 3.63) is 0 Å². The molecule has 108 valence electrons. The Balaban J connectivity index is 0.00000137. The average molecular weight is 266 g/mol. The normalized spacial score (nSPS) is 35.6. The van der Waals surface area contributed by atoms with Crippen LogP contribution in [-0.2, 0) is 14.3 Å². The molecule has 1 fully saturated rings. The SMILES string of the molecule is CC.CCCOC1OC(C(=O)O)C(O)C(O)C1O. The molecule has 0 aromatic heterocycles. The van der Waals surface area contributed by atoms with Crippen molar-refractivity contribution in [2.75, 3.05) is 6.61 Å². The van der Waals surface area contributed by atoms with Crippen LogP contribution in [0.3, 0.4) is 0 Å². The molecule has 5 unspecified atom stereocenters. The Morgan fingerprint density at radius 1 is 1.17 bits per heavy atom. The van der Waals surface area contributed by atoms with Crippen molar-refractivity contribution in [2.45, 2.75) is 57.9 Å². The van der Waals surface area contributed by atoms with Crippen LogP contribution in [0.25, 0.3) is 0 Å². The van der Waals surface area contributed by atoms with Gasteiger partial charge in [-0.1, -0.05) is 20.8 Å². The van der Waals surface area contributed by atoms with E-state index in [1.54, 1.807) is 0 Å². The van der Waals surface area contributed by atoms with Gasteiger partial charge < -0.3 is 29.9 Å². The first kappa shape index (κ1) is 17.3. The van der Waals surface area contributed by atoms with Crippen molar-refractivity contribution in [1.82, 2.24) is 0 Å². The van der Waals surface area contributed by atoms with Gasteiger partial charge in [0.2, 0.25) is 0 Å². The summed E-state index contributed by atoms with van der Waals surface area (Å²) < 4.78 is 9.90. The molecule has 1 saturated heterocycles. The fraction of sp³-hybridized carbons (Fsp3) is 0.909. The van der Waals surface area contributed by atoms with E-state index in [2.05, 4.69) is 0 Å². The third-order valence-electron chi connectivity index (χ3n) is 2.30. The van der Waals surface area contributed by atoms with E-state index in [1.165, 1.54) is 0 Å². The van der Waals surface area contributed by atoms with Crippen molar-refractivity contribution in [2.24, 2.45) is 0 Å². The van der Waals surface area contributed by atoms with Crippen molar-refractivity contribution in [3.8, 4) is 0 Å². The lowest BCUT2D eigenvalue weighted by Gasteiger charge is -2.38. The van der Waals surface area contributed by atoms with Crippen molar-refractivity contribution in [1.29, 1.82) is 0 Å². The summed E-state index contributed by atoms with van der Waals surface area (Å²) in [5.74, 6) is -1.41. The van der Waals surface area contributed by atoms with Gasteiger partial charge in [-0.2, -0.15) is 0 Å². The van der Waals surface area contributed by atoms with Crippen LogP contribution in [0.2, 0.25) is 0 Å². The second-order valence-electron chi connectivity index (χ2n) is 3.61. The van der Waals surface area contributed by atoms with Gasteiger partial charge in [-0.25, -0.2) is 4.79 Å². The fourth-order valence-corrected chi connectivity index (χ4v) is 1.42. The monoisotopic (exact) mass is 266 g/mol. The predicted molar refractivity (Wildman–Crippen MR) is 61.9 cm³/mol. The summed E-state index contributed by atoms with van der Waals surface area (Å²) in [4.78, 5) is 10.7. The van der Waals surface area contributed by atoms with Crippen LogP contribution >= 0.6 is 0 Å². The van der Waals surface area contributed by atoms with Crippen LogP contribution in [0.1, 0.15) is 27.2 Å². The lowest BCUT2D eigenvalue weighted by Crippen LogP contribution is -2.60. The predicted octanol–water partition coefficient (Wildman–Crippen LogP) is -0.669. The van der Waals surface area contributed by atoms with E-state index in [0.29, 0.717) is 6.42 Å². The third kappa shape index (κ3) is 4.18. The van der Waals surface area contributed by atoms with Crippen LogP contribution in [0, 0.1) is 0 Å². The van der Waals surface area contributed by atoms with Gasteiger partial charge in [0.1, 0.15) is 18.3 Å². The first-order chi connectivity index (χ1) is 8.49. The van der Waals surface area contributed by atoms with E-state index in [-0.39, 0.29) is 6.61 Å². The number of carboxylic acid groups (broad SMARTS) is 1. The Kier molecular flexibility index (Phi) is 8.05. The first-order valence-corrected chi connectivity index (χ1v) is 6.03. The number of carbonyl (C=O) groups is 1. The maximum atomic E-state index is 10.7. The molecule has 0 bridgehead atoms. The minimum atomic E-state index is -1.67. The number of aliphatic hydroxyl groups excluding tert-OH is 3. The van der Waals surface area contributed by atoms with Crippen LogP contribution in [-0.4, -0.2) is 63.7 Å². The van der Waals surface area contributed by atoms with E-state index in [0.717, 1.165) is 0 Å². The van der Waals surface area contributed by atoms with Crippen LogP contribution in [0.15, 0.2) is 0 Å². The van der Waals surface area contributed by atoms with Crippen LogP contribution < -0.4 is 0 Å². The maximum absolute atomic E-state index is 10.7. The third-order valence-corrected chi connectivity index (χ3v) is 2.30. The summed E-state index contributed by atoms with van der Waals surface area (Å²) >= 11 is 0. The van der Waals surface area contributed by atoms with E-state index in [4.69, 9.17) is 14.6 Å². The van der Waals surface area contributed by atoms with Crippen LogP contribution in [0.5, 0.6) is 0 Å². The molecular formula is C11H22O7. The molecule has 0 saturated carbocycles. The zero-order valence-electron chi connectivity index (χ0n) is 10.8. The van der Waals surface area contributed by atoms with Gasteiger partial charge in [0, 0.05) is 6.61 Å². The van der Waals surface area contributed by atoms with Gasteiger partial charge >= 0.3 is 5.97 Å². The second kappa shape index (κ2) is 8.39. The van der Waals surface area contributed by atoms with Crippen molar-refractivity contribution in [3.63, 3.8) is 0 Å². The van der Waals surface area contributed by atoms with Gasteiger partial charge in [0.25, 0.3) is 0 Å². The van der Waals surface area contributed by atoms with E-state index < -0.39 is 36.7 Å². The Morgan fingerprint density at radius 2 is 1.72 bits per heavy atom. The number of ether oxygens (including phenoxy) is 2. The van der Waals surface area contributed by atoms with Crippen molar-refractivity contribution >= 4 is 5.97 Å². The Morgan fingerprint density at radius 3 is 2.17 bits per heavy atom. The summed E-state index contributed by atoms with van der Waals surface area (Å²) in [6.45, 7) is 6.09. The molecule has 1 rings (SSSR count). The number of rotatable bonds is 4. The number of aliphatic carboxylic acids is 1. The molecule has 18 heavy (non-hydrogen) atoms.